The zero-order chi connectivity index (χ0) is 17.0. The Morgan fingerprint density at radius 1 is 1.48 bits per heavy atom. The zero-order valence-electron chi connectivity index (χ0n) is 13.1. The van der Waals surface area contributed by atoms with Crippen molar-refractivity contribution in [3.8, 4) is 0 Å². The van der Waals surface area contributed by atoms with E-state index in [0.29, 0.717) is 18.6 Å². The Hall–Kier alpha value is -1.60. The van der Waals surface area contributed by atoms with Crippen LogP contribution < -0.4 is 0 Å². The van der Waals surface area contributed by atoms with E-state index in [1.807, 2.05) is 0 Å². The van der Waals surface area contributed by atoms with Crippen LogP contribution in [-0.2, 0) is 20.4 Å². The van der Waals surface area contributed by atoms with E-state index in [4.69, 9.17) is 9.47 Å². The van der Waals surface area contributed by atoms with E-state index < -0.39 is 23.9 Å². The minimum atomic E-state index is -4.43. The number of methoxy groups -OCH3 is 1. The van der Waals surface area contributed by atoms with Gasteiger partial charge in [-0.25, -0.2) is 0 Å². The Balaban J connectivity index is 2.25. The number of carbonyl (C=O) groups excluding carboxylic acids is 1. The van der Waals surface area contributed by atoms with Crippen molar-refractivity contribution in [2.24, 2.45) is 0 Å². The molecule has 1 aliphatic heterocycles. The molecule has 2 unspecified atom stereocenters. The largest absolute Gasteiger partial charge is 0.416 e. The number of hydrogen-bond donors (Lipinski definition) is 0. The fraction of sp³-hybridized carbons (Fsp3) is 0.562. The van der Waals surface area contributed by atoms with Crippen LogP contribution in [0, 0.1) is 0 Å². The minimum absolute atomic E-state index is 0.107. The predicted molar refractivity (Wildman–Crippen MR) is 77.8 cm³/mol. The SMILES string of the molecule is COCC(c1cccc(C(F)(F)F)c1)N(C)C(=O)C1CCCO1. The second-order valence-electron chi connectivity index (χ2n) is 5.55. The molecule has 0 spiro atoms. The Bertz CT molecular complexity index is 542. The van der Waals surface area contributed by atoms with Crippen LogP contribution in [0.3, 0.4) is 0 Å². The van der Waals surface area contributed by atoms with Gasteiger partial charge in [0.25, 0.3) is 5.91 Å². The fourth-order valence-corrected chi connectivity index (χ4v) is 2.66. The van der Waals surface area contributed by atoms with Gasteiger partial charge in [-0.3, -0.25) is 4.79 Å². The van der Waals surface area contributed by atoms with Gasteiger partial charge in [-0.2, -0.15) is 13.2 Å². The van der Waals surface area contributed by atoms with Gasteiger partial charge in [-0.05, 0) is 30.5 Å². The van der Waals surface area contributed by atoms with E-state index >= 15 is 0 Å². The molecule has 0 aromatic heterocycles. The van der Waals surface area contributed by atoms with E-state index in [0.717, 1.165) is 18.6 Å². The maximum absolute atomic E-state index is 12.9. The third kappa shape index (κ3) is 4.23. The molecule has 1 aromatic rings. The molecule has 1 aromatic carbocycles. The Kier molecular flexibility index (Phi) is 5.64. The van der Waals surface area contributed by atoms with E-state index in [2.05, 4.69) is 0 Å². The Morgan fingerprint density at radius 2 is 2.22 bits per heavy atom. The number of ether oxygens (including phenoxy) is 2. The van der Waals surface area contributed by atoms with Gasteiger partial charge in [0.1, 0.15) is 6.10 Å². The summed E-state index contributed by atoms with van der Waals surface area (Å²) < 4.78 is 49.1. The Labute approximate surface area is 133 Å². The number of alkyl halides is 3. The third-order valence-electron chi connectivity index (χ3n) is 3.94. The molecule has 1 heterocycles. The highest BCUT2D eigenvalue weighted by Crippen LogP contribution is 2.32. The van der Waals surface area contributed by atoms with Crippen LogP contribution in [0.2, 0.25) is 0 Å². The summed E-state index contributed by atoms with van der Waals surface area (Å²) in [4.78, 5) is 13.9. The average molecular weight is 331 g/mol. The normalized spacial score (nSPS) is 19.6. The minimum Gasteiger partial charge on any atom is -0.382 e. The third-order valence-corrected chi connectivity index (χ3v) is 3.94. The van der Waals surface area contributed by atoms with Gasteiger partial charge in [0.15, 0.2) is 0 Å². The van der Waals surface area contributed by atoms with Crippen molar-refractivity contribution in [1.82, 2.24) is 4.90 Å². The number of nitrogens with zero attached hydrogens (tertiary/aromatic N) is 1. The van der Waals surface area contributed by atoms with Gasteiger partial charge < -0.3 is 14.4 Å². The Morgan fingerprint density at radius 3 is 2.78 bits per heavy atom. The molecule has 7 heteroatoms. The highest BCUT2D eigenvalue weighted by Gasteiger charge is 2.33. The lowest BCUT2D eigenvalue weighted by atomic mass is 10.0. The number of amides is 1. The van der Waals surface area contributed by atoms with Crippen molar-refractivity contribution in [3.63, 3.8) is 0 Å². The topological polar surface area (TPSA) is 38.8 Å². The van der Waals surface area contributed by atoms with Crippen LogP contribution in [0.25, 0.3) is 0 Å². The summed E-state index contributed by atoms with van der Waals surface area (Å²) in [5.74, 6) is -0.234. The molecule has 2 atom stereocenters. The summed E-state index contributed by atoms with van der Waals surface area (Å²) >= 11 is 0. The van der Waals surface area contributed by atoms with Gasteiger partial charge in [-0.15, -0.1) is 0 Å². The molecule has 0 radical (unpaired) electrons. The highest BCUT2D eigenvalue weighted by molar-refractivity contribution is 5.81. The van der Waals surface area contributed by atoms with Gasteiger partial charge in [-0.1, -0.05) is 12.1 Å². The van der Waals surface area contributed by atoms with Crippen molar-refractivity contribution >= 4 is 5.91 Å². The maximum Gasteiger partial charge on any atom is 0.416 e. The smallest absolute Gasteiger partial charge is 0.382 e. The molecule has 2 rings (SSSR count). The molecule has 128 valence electrons. The molecular formula is C16H20F3NO3. The zero-order valence-corrected chi connectivity index (χ0v) is 13.1. The van der Waals surface area contributed by atoms with Gasteiger partial charge in [0.2, 0.25) is 0 Å². The number of likely N-dealkylation sites (N-methyl/N-ethyl adjacent to an activating group) is 1. The number of hydrogen-bond acceptors (Lipinski definition) is 3. The number of benzene rings is 1. The highest BCUT2D eigenvalue weighted by atomic mass is 19.4. The van der Waals surface area contributed by atoms with Crippen molar-refractivity contribution in [3.05, 3.63) is 35.4 Å². The average Bonchev–Trinajstić information content (AvgIpc) is 3.05. The first-order valence-corrected chi connectivity index (χ1v) is 7.39. The monoisotopic (exact) mass is 331 g/mol. The quantitative estimate of drug-likeness (QED) is 0.832. The lowest BCUT2D eigenvalue weighted by Crippen LogP contribution is -2.40. The summed E-state index contributed by atoms with van der Waals surface area (Å²) in [5, 5.41) is 0. The molecule has 0 N–H and O–H groups in total. The number of rotatable bonds is 5. The lowest BCUT2D eigenvalue weighted by Gasteiger charge is -2.30. The van der Waals surface area contributed by atoms with Gasteiger partial charge >= 0.3 is 6.18 Å². The number of carbonyl (C=O) groups is 1. The van der Waals surface area contributed by atoms with E-state index in [-0.39, 0.29) is 12.5 Å². The van der Waals surface area contributed by atoms with Crippen molar-refractivity contribution in [2.45, 2.75) is 31.2 Å². The molecule has 0 aliphatic carbocycles. The first-order chi connectivity index (χ1) is 10.8. The van der Waals surface area contributed by atoms with E-state index in [9.17, 15) is 18.0 Å². The first-order valence-electron chi connectivity index (χ1n) is 7.39. The second kappa shape index (κ2) is 7.31. The summed E-state index contributed by atoms with van der Waals surface area (Å²) in [6, 6.07) is 4.38. The molecule has 1 saturated heterocycles. The molecule has 1 fully saturated rings. The van der Waals surface area contributed by atoms with Gasteiger partial charge in [0.05, 0.1) is 18.2 Å². The van der Waals surface area contributed by atoms with E-state index in [1.165, 1.54) is 18.1 Å². The van der Waals surface area contributed by atoms with E-state index in [1.54, 1.807) is 13.1 Å². The fourth-order valence-electron chi connectivity index (χ4n) is 2.66. The molecular weight excluding hydrogens is 311 g/mol. The van der Waals surface area contributed by atoms with Gasteiger partial charge in [0, 0.05) is 20.8 Å². The molecule has 23 heavy (non-hydrogen) atoms. The van der Waals surface area contributed by atoms with Crippen molar-refractivity contribution in [1.29, 1.82) is 0 Å². The van der Waals surface area contributed by atoms with Crippen LogP contribution in [0.5, 0.6) is 0 Å². The maximum atomic E-state index is 12.9. The molecule has 0 bridgehead atoms. The van der Waals surface area contributed by atoms with Crippen LogP contribution >= 0.6 is 0 Å². The summed E-state index contributed by atoms with van der Waals surface area (Å²) in [7, 11) is 3.01. The van der Waals surface area contributed by atoms with Crippen LogP contribution in [0.1, 0.15) is 30.0 Å². The second-order valence-corrected chi connectivity index (χ2v) is 5.55. The van der Waals surface area contributed by atoms with Crippen LogP contribution in [0.4, 0.5) is 13.2 Å². The lowest BCUT2D eigenvalue weighted by molar-refractivity contribution is -0.143. The first kappa shape index (κ1) is 17.7. The summed E-state index contributed by atoms with van der Waals surface area (Å²) in [6.07, 6.45) is -3.51. The molecule has 1 amide bonds. The van der Waals surface area contributed by atoms with Crippen molar-refractivity contribution < 1.29 is 27.4 Å². The summed E-state index contributed by atoms with van der Waals surface area (Å²) in [6.45, 7) is 0.638. The molecule has 0 saturated carbocycles. The standard InChI is InChI=1S/C16H20F3NO3/c1-20(15(21)14-7-4-8-23-14)13(10-22-2)11-5-3-6-12(9-11)16(17,18)19/h3,5-6,9,13-14H,4,7-8,10H2,1-2H3. The van der Waals surface area contributed by atoms with Crippen LogP contribution in [-0.4, -0.2) is 44.3 Å². The number of halogens is 3. The van der Waals surface area contributed by atoms with Crippen LogP contribution in [0.15, 0.2) is 24.3 Å². The predicted octanol–water partition coefficient (Wildman–Crippen LogP) is 3.03. The van der Waals surface area contributed by atoms with Crippen molar-refractivity contribution in [2.75, 3.05) is 27.4 Å². The molecule has 4 nitrogen and oxygen atoms in total. The summed E-state index contributed by atoms with van der Waals surface area (Å²) in [5.41, 5.74) is -0.357. The molecule has 1 aliphatic rings.